The Labute approximate surface area is 147 Å². The van der Waals surface area contributed by atoms with Crippen LogP contribution in [0.5, 0.6) is 0 Å². The van der Waals surface area contributed by atoms with Gasteiger partial charge in [-0.05, 0) is 67.3 Å². The van der Waals surface area contributed by atoms with E-state index in [2.05, 4.69) is 10.6 Å². The van der Waals surface area contributed by atoms with E-state index in [0.717, 1.165) is 11.1 Å². The Kier molecular flexibility index (Phi) is 5.91. The van der Waals surface area contributed by atoms with Gasteiger partial charge in [-0.2, -0.15) is 0 Å². The Morgan fingerprint density at radius 1 is 0.960 bits per heavy atom. The summed E-state index contributed by atoms with van der Waals surface area (Å²) in [4.78, 5) is 24.9. The molecule has 0 heterocycles. The predicted molar refractivity (Wildman–Crippen MR) is 97.0 cm³/mol. The van der Waals surface area contributed by atoms with E-state index in [1.165, 1.54) is 24.3 Å². The molecule has 2 rings (SSSR count). The van der Waals surface area contributed by atoms with Crippen LogP contribution in [0.1, 0.15) is 35.3 Å². The van der Waals surface area contributed by atoms with E-state index in [-0.39, 0.29) is 11.8 Å². The molecule has 0 aliphatic heterocycles. The van der Waals surface area contributed by atoms with Crippen LogP contribution in [0.2, 0.25) is 0 Å². The summed E-state index contributed by atoms with van der Waals surface area (Å²) in [6.45, 7) is 7.69. The first kappa shape index (κ1) is 18.6. The summed E-state index contributed by atoms with van der Waals surface area (Å²) in [5.41, 5.74) is 3.22. The molecule has 0 aromatic heterocycles. The Bertz CT molecular complexity index is 770. The number of anilines is 1. The zero-order chi connectivity index (χ0) is 18.6. The third kappa shape index (κ3) is 4.89. The molecular formula is C20H23FN2O2. The third-order valence-electron chi connectivity index (χ3n) is 4.12. The molecule has 2 aromatic rings. The van der Waals surface area contributed by atoms with Crippen molar-refractivity contribution < 1.29 is 14.0 Å². The molecule has 2 amide bonds. The molecule has 132 valence electrons. The first-order valence-electron chi connectivity index (χ1n) is 8.22. The van der Waals surface area contributed by atoms with E-state index in [1.807, 2.05) is 45.9 Å². The van der Waals surface area contributed by atoms with Crippen LogP contribution in [-0.4, -0.2) is 17.9 Å². The van der Waals surface area contributed by atoms with E-state index >= 15 is 0 Å². The van der Waals surface area contributed by atoms with Gasteiger partial charge in [-0.3, -0.25) is 9.59 Å². The molecule has 0 saturated carbocycles. The molecular weight excluding hydrogens is 319 g/mol. The highest BCUT2D eigenvalue weighted by Gasteiger charge is 2.24. The summed E-state index contributed by atoms with van der Waals surface area (Å²) in [6, 6.07) is 10.2. The molecule has 25 heavy (non-hydrogen) atoms. The normalized spacial score (nSPS) is 11.9. The van der Waals surface area contributed by atoms with E-state index in [9.17, 15) is 14.0 Å². The number of aryl methyl sites for hydroxylation is 2. The van der Waals surface area contributed by atoms with Gasteiger partial charge in [-0.15, -0.1) is 0 Å². The Hall–Kier alpha value is -2.69. The number of carbonyl (C=O) groups excluding carboxylic acids is 2. The topological polar surface area (TPSA) is 58.2 Å². The second-order valence-corrected chi connectivity index (χ2v) is 6.49. The molecule has 4 nitrogen and oxygen atoms in total. The van der Waals surface area contributed by atoms with Gasteiger partial charge in [0, 0.05) is 11.3 Å². The molecule has 2 aromatic carbocycles. The van der Waals surface area contributed by atoms with Crippen LogP contribution in [0.3, 0.4) is 0 Å². The van der Waals surface area contributed by atoms with Crippen LogP contribution in [0, 0.1) is 25.6 Å². The van der Waals surface area contributed by atoms with Crippen molar-refractivity contribution >= 4 is 17.5 Å². The lowest BCUT2D eigenvalue weighted by Gasteiger charge is -2.22. The van der Waals surface area contributed by atoms with Crippen molar-refractivity contribution in [3.05, 3.63) is 65.0 Å². The van der Waals surface area contributed by atoms with E-state index in [0.29, 0.717) is 11.3 Å². The Morgan fingerprint density at radius 3 is 2.16 bits per heavy atom. The number of nitrogens with one attached hydrogen (secondary N) is 2. The fourth-order valence-electron chi connectivity index (χ4n) is 2.40. The first-order valence-corrected chi connectivity index (χ1v) is 8.22. The van der Waals surface area contributed by atoms with Gasteiger partial charge >= 0.3 is 0 Å². The fourth-order valence-corrected chi connectivity index (χ4v) is 2.40. The Morgan fingerprint density at radius 2 is 1.60 bits per heavy atom. The van der Waals surface area contributed by atoms with Crippen LogP contribution in [0.15, 0.2) is 42.5 Å². The largest absolute Gasteiger partial charge is 0.340 e. The van der Waals surface area contributed by atoms with Crippen LogP contribution in [0.25, 0.3) is 0 Å². The summed E-state index contributed by atoms with van der Waals surface area (Å²) in [7, 11) is 0. The standard InChI is InChI=1S/C20H23FN2O2/c1-12(2)18(23-19(24)15-6-8-16(21)9-7-15)20(25)22-17-10-5-13(3)14(4)11-17/h5-12,18H,1-4H3,(H,22,25)(H,23,24)/t18-/m0/s1. The van der Waals surface area contributed by atoms with Gasteiger partial charge in [-0.1, -0.05) is 19.9 Å². The quantitative estimate of drug-likeness (QED) is 0.867. The second kappa shape index (κ2) is 7.92. The van der Waals surface area contributed by atoms with E-state index in [4.69, 9.17) is 0 Å². The second-order valence-electron chi connectivity index (χ2n) is 6.49. The van der Waals surface area contributed by atoms with Gasteiger partial charge in [0.05, 0.1) is 0 Å². The number of hydrogen-bond acceptors (Lipinski definition) is 2. The number of hydrogen-bond donors (Lipinski definition) is 2. The van der Waals surface area contributed by atoms with Gasteiger partial charge in [0.25, 0.3) is 5.91 Å². The van der Waals surface area contributed by atoms with Crippen LogP contribution >= 0.6 is 0 Å². The van der Waals surface area contributed by atoms with Crippen LogP contribution < -0.4 is 10.6 Å². The highest BCUT2D eigenvalue weighted by Crippen LogP contribution is 2.15. The van der Waals surface area contributed by atoms with Gasteiger partial charge in [0.15, 0.2) is 0 Å². The van der Waals surface area contributed by atoms with Crippen molar-refractivity contribution in [3.63, 3.8) is 0 Å². The Balaban J connectivity index is 2.11. The van der Waals surface area contributed by atoms with Crippen molar-refractivity contribution in [2.24, 2.45) is 5.92 Å². The minimum absolute atomic E-state index is 0.101. The van der Waals surface area contributed by atoms with E-state index < -0.39 is 17.8 Å². The molecule has 1 atom stereocenters. The zero-order valence-corrected chi connectivity index (χ0v) is 14.9. The SMILES string of the molecule is Cc1ccc(NC(=O)[C@@H](NC(=O)c2ccc(F)cc2)C(C)C)cc1C. The molecule has 0 radical (unpaired) electrons. The lowest BCUT2D eigenvalue weighted by molar-refractivity contribution is -0.118. The minimum atomic E-state index is -0.695. The summed E-state index contributed by atoms with van der Waals surface area (Å²) < 4.78 is 13.0. The fraction of sp³-hybridized carbons (Fsp3) is 0.300. The number of carbonyl (C=O) groups is 2. The molecule has 0 aliphatic rings. The van der Waals surface area contributed by atoms with Crippen molar-refractivity contribution in [2.45, 2.75) is 33.7 Å². The van der Waals surface area contributed by atoms with Gasteiger partial charge in [0.2, 0.25) is 5.91 Å². The monoisotopic (exact) mass is 342 g/mol. The maximum Gasteiger partial charge on any atom is 0.251 e. The van der Waals surface area contributed by atoms with Crippen molar-refractivity contribution in [2.75, 3.05) is 5.32 Å². The van der Waals surface area contributed by atoms with Crippen LogP contribution in [0.4, 0.5) is 10.1 Å². The van der Waals surface area contributed by atoms with Crippen molar-refractivity contribution in [3.8, 4) is 0 Å². The third-order valence-corrected chi connectivity index (χ3v) is 4.12. The summed E-state index contributed by atoms with van der Waals surface area (Å²) in [5.74, 6) is -1.21. The van der Waals surface area contributed by atoms with Gasteiger partial charge in [-0.25, -0.2) is 4.39 Å². The number of amides is 2. The molecule has 2 N–H and O–H groups in total. The molecule has 0 aliphatic carbocycles. The highest BCUT2D eigenvalue weighted by atomic mass is 19.1. The minimum Gasteiger partial charge on any atom is -0.340 e. The average molecular weight is 342 g/mol. The van der Waals surface area contributed by atoms with Crippen molar-refractivity contribution in [1.29, 1.82) is 0 Å². The number of halogens is 1. The lowest BCUT2D eigenvalue weighted by Crippen LogP contribution is -2.47. The van der Waals surface area contributed by atoms with Gasteiger partial charge in [0.1, 0.15) is 11.9 Å². The van der Waals surface area contributed by atoms with E-state index in [1.54, 1.807) is 0 Å². The predicted octanol–water partition coefficient (Wildman–Crippen LogP) is 3.84. The molecule has 0 bridgehead atoms. The number of rotatable bonds is 5. The smallest absolute Gasteiger partial charge is 0.251 e. The average Bonchev–Trinajstić information content (AvgIpc) is 2.56. The molecule has 0 spiro atoms. The van der Waals surface area contributed by atoms with Crippen molar-refractivity contribution in [1.82, 2.24) is 5.32 Å². The summed E-state index contributed by atoms with van der Waals surface area (Å²) in [6.07, 6.45) is 0. The molecule has 0 saturated heterocycles. The first-order chi connectivity index (χ1) is 11.8. The lowest BCUT2D eigenvalue weighted by atomic mass is 10.0. The van der Waals surface area contributed by atoms with Gasteiger partial charge < -0.3 is 10.6 Å². The maximum atomic E-state index is 13.0. The molecule has 0 fully saturated rings. The number of benzene rings is 2. The molecule has 5 heteroatoms. The summed E-state index contributed by atoms with van der Waals surface area (Å²) in [5, 5.41) is 5.57. The highest BCUT2D eigenvalue weighted by molar-refractivity contribution is 6.01. The zero-order valence-electron chi connectivity index (χ0n) is 14.9. The van der Waals surface area contributed by atoms with Crippen LogP contribution in [-0.2, 0) is 4.79 Å². The summed E-state index contributed by atoms with van der Waals surface area (Å²) >= 11 is 0. The molecule has 0 unspecified atom stereocenters. The maximum absolute atomic E-state index is 13.0.